The van der Waals surface area contributed by atoms with Crippen LogP contribution in [0.5, 0.6) is 0 Å². The van der Waals surface area contributed by atoms with Gasteiger partial charge in [-0.25, -0.2) is 0 Å². The van der Waals surface area contributed by atoms with E-state index in [-0.39, 0.29) is 51.4 Å². The Morgan fingerprint density at radius 1 is 1.33 bits per heavy atom. The molecule has 1 saturated carbocycles. The van der Waals surface area contributed by atoms with Gasteiger partial charge in [-0.05, 0) is 0 Å². The van der Waals surface area contributed by atoms with Crippen LogP contribution in [-0.4, -0.2) is 85.2 Å². The van der Waals surface area contributed by atoms with Crippen LogP contribution in [0.25, 0.3) is 0 Å². The summed E-state index contributed by atoms with van der Waals surface area (Å²) in [6, 6.07) is 0. The molecule has 0 aliphatic heterocycles. The van der Waals surface area contributed by atoms with E-state index >= 15 is 0 Å². The number of esters is 1. The van der Waals surface area contributed by atoms with E-state index in [1.54, 1.807) is 13.8 Å². The second kappa shape index (κ2) is 5.11. The van der Waals surface area contributed by atoms with Crippen LogP contribution >= 0.6 is 0 Å². The van der Waals surface area contributed by atoms with Gasteiger partial charge in [0.2, 0.25) is 0 Å². The SMILES string of the molecule is COC(=O)C1C(OS(C)(=O)=O)C1(C)C.[KH]. The molecular formula is C8H15KO5S. The zero-order chi connectivity index (χ0) is 11.1. The van der Waals surface area contributed by atoms with Gasteiger partial charge in [-0.15, -0.1) is 0 Å². The number of rotatable bonds is 3. The number of ether oxygens (including phenoxy) is 1. The van der Waals surface area contributed by atoms with E-state index in [2.05, 4.69) is 4.74 Å². The summed E-state index contributed by atoms with van der Waals surface area (Å²) in [5.41, 5.74) is -0.462. The third kappa shape index (κ3) is 3.76. The predicted molar refractivity (Wildman–Crippen MR) is 56.2 cm³/mol. The van der Waals surface area contributed by atoms with Crippen LogP contribution in [0.4, 0.5) is 0 Å². The number of methoxy groups -OCH3 is 1. The normalized spacial score (nSPS) is 27.7. The number of hydrogen-bond donors (Lipinski definition) is 0. The molecular weight excluding hydrogens is 247 g/mol. The summed E-state index contributed by atoms with van der Waals surface area (Å²) in [6.45, 7) is 3.54. The molecule has 0 amide bonds. The molecule has 1 aliphatic rings. The van der Waals surface area contributed by atoms with Gasteiger partial charge in [0.15, 0.2) is 0 Å². The first-order chi connectivity index (χ1) is 6.20. The first kappa shape index (κ1) is 16.0. The Bertz CT molecular complexity index is 348. The van der Waals surface area contributed by atoms with E-state index in [9.17, 15) is 13.2 Å². The van der Waals surface area contributed by atoms with Gasteiger partial charge >= 0.3 is 57.4 Å². The van der Waals surface area contributed by atoms with Crippen molar-refractivity contribution in [3.63, 3.8) is 0 Å². The third-order valence-electron chi connectivity index (χ3n) is 2.46. The molecule has 0 spiro atoms. The summed E-state index contributed by atoms with van der Waals surface area (Å²) in [5.74, 6) is -0.911. The van der Waals surface area contributed by atoms with E-state index in [1.807, 2.05) is 0 Å². The fourth-order valence-corrected chi connectivity index (χ4v) is 2.25. The molecule has 2 unspecified atom stereocenters. The minimum absolute atomic E-state index is 0. The van der Waals surface area contributed by atoms with Crippen LogP contribution in [0, 0.1) is 11.3 Å². The monoisotopic (exact) mass is 262 g/mol. The molecule has 1 aliphatic carbocycles. The Morgan fingerprint density at radius 2 is 1.80 bits per heavy atom. The molecule has 0 aromatic rings. The molecule has 1 rings (SSSR count). The van der Waals surface area contributed by atoms with Crippen molar-refractivity contribution in [2.24, 2.45) is 11.3 Å². The standard InChI is InChI=1S/C8H14O5S.K.H/c1-8(2)5(7(9)12-3)6(8)13-14(4,10)11;;/h5-6H,1-4H3;;. The summed E-state index contributed by atoms with van der Waals surface area (Å²) in [7, 11) is -2.24. The summed E-state index contributed by atoms with van der Waals surface area (Å²) in [4.78, 5) is 11.2. The van der Waals surface area contributed by atoms with E-state index in [0.29, 0.717) is 0 Å². The average Bonchev–Trinajstić information content (AvgIpc) is 2.49. The van der Waals surface area contributed by atoms with Gasteiger partial charge in [-0.1, -0.05) is 13.8 Å². The van der Waals surface area contributed by atoms with Crippen molar-refractivity contribution < 1.29 is 22.1 Å². The second-order valence-corrected chi connectivity index (χ2v) is 5.64. The average molecular weight is 262 g/mol. The summed E-state index contributed by atoms with van der Waals surface area (Å²) < 4.78 is 31.0. The van der Waals surface area contributed by atoms with Gasteiger partial charge in [0.25, 0.3) is 10.1 Å². The molecule has 0 aromatic heterocycles. The Hall–Kier alpha value is 1.02. The first-order valence-corrected chi connectivity index (χ1v) is 5.98. The summed E-state index contributed by atoms with van der Waals surface area (Å²) >= 11 is 0. The van der Waals surface area contributed by atoms with Gasteiger partial charge < -0.3 is 4.74 Å². The fourth-order valence-electron chi connectivity index (χ4n) is 1.51. The molecule has 7 heteroatoms. The first-order valence-electron chi connectivity index (χ1n) is 4.16. The Morgan fingerprint density at radius 3 is 2.13 bits per heavy atom. The van der Waals surface area contributed by atoms with Crippen LogP contribution in [0.1, 0.15) is 13.8 Å². The van der Waals surface area contributed by atoms with Crippen molar-refractivity contribution in [3.05, 3.63) is 0 Å². The van der Waals surface area contributed by atoms with Crippen LogP contribution in [0.15, 0.2) is 0 Å². The van der Waals surface area contributed by atoms with E-state index < -0.39 is 33.5 Å². The Kier molecular flexibility index (Phi) is 5.46. The third-order valence-corrected chi connectivity index (χ3v) is 3.02. The summed E-state index contributed by atoms with van der Waals surface area (Å²) in [5, 5.41) is 0. The van der Waals surface area contributed by atoms with Gasteiger partial charge in [-0.2, -0.15) is 8.42 Å². The molecule has 0 radical (unpaired) electrons. The van der Waals surface area contributed by atoms with Gasteiger partial charge in [0.1, 0.15) is 0 Å². The molecule has 0 bridgehead atoms. The van der Waals surface area contributed by atoms with Gasteiger partial charge in [0.05, 0.1) is 25.4 Å². The van der Waals surface area contributed by atoms with Crippen LogP contribution in [-0.2, 0) is 23.8 Å². The van der Waals surface area contributed by atoms with Crippen LogP contribution in [0.2, 0.25) is 0 Å². The van der Waals surface area contributed by atoms with E-state index in [1.165, 1.54) is 7.11 Å². The molecule has 84 valence electrons. The number of hydrogen-bond acceptors (Lipinski definition) is 5. The van der Waals surface area contributed by atoms with Crippen molar-refractivity contribution in [3.8, 4) is 0 Å². The maximum atomic E-state index is 11.2. The molecule has 1 fully saturated rings. The Balaban J connectivity index is 0.00000196. The molecule has 0 N–H and O–H groups in total. The maximum absolute atomic E-state index is 11.2. The van der Waals surface area contributed by atoms with Crippen molar-refractivity contribution in [1.82, 2.24) is 0 Å². The topological polar surface area (TPSA) is 69.7 Å². The molecule has 0 aromatic carbocycles. The molecule has 0 heterocycles. The Labute approximate surface area is 132 Å². The zero-order valence-corrected chi connectivity index (χ0v) is 9.42. The fraction of sp³-hybridized carbons (Fsp3) is 0.875. The molecule has 5 nitrogen and oxygen atoms in total. The second-order valence-electron chi connectivity index (χ2n) is 4.04. The number of carbonyl (C=O) groups excluding carboxylic acids is 1. The minimum atomic E-state index is -3.51. The van der Waals surface area contributed by atoms with E-state index in [4.69, 9.17) is 4.18 Å². The number of carbonyl (C=O) groups is 1. The zero-order valence-electron chi connectivity index (χ0n) is 8.60. The summed E-state index contributed by atoms with van der Waals surface area (Å²) in [6.07, 6.45) is 0.375. The predicted octanol–water partition coefficient (Wildman–Crippen LogP) is -0.488. The van der Waals surface area contributed by atoms with Gasteiger partial charge in [0, 0.05) is 5.41 Å². The van der Waals surface area contributed by atoms with Crippen molar-refractivity contribution >= 4 is 67.5 Å². The molecule has 2 atom stereocenters. The van der Waals surface area contributed by atoms with Crippen LogP contribution in [0.3, 0.4) is 0 Å². The van der Waals surface area contributed by atoms with Crippen LogP contribution < -0.4 is 0 Å². The molecule has 15 heavy (non-hydrogen) atoms. The molecule has 0 saturated heterocycles. The van der Waals surface area contributed by atoms with Crippen molar-refractivity contribution in [2.75, 3.05) is 13.4 Å². The van der Waals surface area contributed by atoms with Crippen molar-refractivity contribution in [2.45, 2.75) is 20.0 Å². The van der Waals surface area contributed by atoms with E-state index in [0.717, 1.165) is 6.26 Å². The van der Waals surface area contributed by atoms with Crippen molar-refractivity contribution in [1.29, 1.82) is 0 Å². The van der Waals surface area contributed by atoms with Gasteiger partial charge in [-0.3, -0.25) is 8.98 Å². The quantitative estimate of drug-likeness (QED) is 0.390.